The monoisotopic (exact) mass is 351 g/mol. The lowest BCUT2D eigenvalue weighted by molar-refractivity contribution is 0.249. The lowest BCUT2D eigenvalue weighted by Crippen LogP contribution is -2.31. The van der Waals surface area contributed by atoms with Gasteiger partial charge in [-0.1, -0.05) is 12.1 Å². The molecule has 128 valence electrons. The average Bonchev–Trinajstić information content (AvgIpc) is 2.48. The molecule has 8 heteroatoms. The van der Waals surface area contributed by atoms with E-state index in [4.69, 9.17) is 0 Å². The molecule has 2 rings (SSSR count). The molecule has 2 aromatic rings. The van der Waals surface area contributed by atoms with Gasteiger partial charge in [-0.05, 0) is 48.9 Å². The van der Waals surface area contributed by atoms with Gasteiger partial charge in [0, 0.05) is 11.4 Å². The summed E-state index contributed by atoms with van der Waals surface area (Å²) < 4.78 is 37.8. The van der Waals surface area contributed by atoms with Crippen molar-refractivity contribution in [3.05, 3.63) is 59.9 Å². The Labute approximate surface area is 140 Å². The van der Waals surface area contributed by atoms with E-state index in [0.29, 0.717) is 11.4 Å². The summed E-state index contributed by atoms with van der Waals surface area (Å²) in [6.45, 7) is 1.77. The summed E-state index contributed by atoms with van der Waals surface area (Å²) in [4.78, 5) is 12.0. The number of halogens is 1. The van der Waals surface area contributed by atoms with Crippen LogP contribution in [0.3, 0.4) is 0 Å². The maximum absolute atomic E-state index is 12.8. The van der Waals surface area contributed by atoms with Gasteiger partial charge in [-0.15, -0.1) is 0 Å². The predicted molar refractivity (Wildman–Crippen MR) is 91.9 cm³/mol. The van der Waals surface area contributed by atoms with Crippen LogP contribution in [0.1, 0.15) is 18.5 Å². The first kappa shape index (κ1) is 17.7. The molecule has 0 aliphatic rings. The van der Waals surface area contributed by atoms with E-state index >= 15 is 0 Å². The number of anilines is 2. The van der Waals surface area contributed by atoms with Crippen molar-refractivity contribution < 1.29 is 17.6 Å². The van der Waals surface area contributed by atoms with Gasteiger partial charge in [0.2, 0.25) is 10.0 Å². The zero-order valence-electron chi connectivity index (χ0n) is 13.2. The van der Waals surface area contributed by atoms with Crippen molar-refractivity contribution in [1.82, 2.24) is 5.32 Å². The third-order valence-corrected chi connectivity index (χ3v) is 3.75. The molecule has 0 saturated carbocycles. The van der Waals surface area contributed by atoms with Crippen LogP contribution in [-0.4, -0.2) is 20.7 Å². The summed E-state index contributed by atoms with van der Waals surface area (Å²) in [5, 5.41) is 5.32. The van der Waals surface area contributed by atoms with E-state index in [1.807, 2.05) is 0 Å². The summed E-state index contributed by atoms with van der Waals surface area (Å²) in [7, 11) is -3.37. The minimum atomic E-state index is -3.37. The van der Waals surface area contributed by atoms with E-state index in [1.165, 1.54) is 24.3 Å². The smallest absolute Gasteiger partial charge is 0.319 e. The van der Waals surface area contributed by atoms with Crippen molar-refractivity contribution in [3.8, 4) is 0 Å². The highest BCUT2D eigenvalue weighted by Gasteiger charge is 2.11. The Balaban J connectivity index is 2.01. The maximum Gasteiger partial charge on any atom is 0.319 e. The number of carbonyl (C=O) groups is 1. The van der Waals surface area contributed by atoms with Gasteiger partial charge < -0.3 is 10.6 Å². The van der Waals surface area contributed by atoms with Crippen molar-refractivity contribution in [2.45, 2.75) is 13.0 Å². The number of urea groups is 1. The second-order valence-corrected chi connectivity index (χ2v) is 7.08. The summed E-state index contributed by atoms with van der Waals surface area (Å²) in [5.74, 6) is -0.385. The van der Waals surface area contributed by atoms with Crippen molar-refractivity contribution in [2.24, 2.45) is 0 Å². The molecule has 0 heterocycles. The van der Waals surface area contributed by atoms with E-state index in [0.717, 1.165) is 11.8 Å². The maximum atomic E-state index is 12.8. The Morgan fingerprint density at radius 2 is 1.75 bits per heavy atom. The molecule has 24 heavy (non-hydrogen) atoms. The summed E-state index contributed by atoms with van der Waals surface area (Å²) >= 11 is 0. The molecule has 0 aliphatic carbocycles. The van der Waals surface area contributed by atoms with Crippen molar-refractivity contribution in [2.75, 3.05) is 16.3 Å². The average molecular weight is 351 g/mol. The number of carbonyl (C=O) groups excluding carboxylic acids is 1. The van der Waals surface area contributed by atoms with Crippen LogP contribution in [0.15, 0.2) is 48.5 Å². The molecule has 0 aromatic heterocycles. The van der Waals surface area contributed by atoms with Gasteiger partial charge in [-0.2, -0.15) is 0 Å². The Hall–Kier alpha value is -2.61. The van der Waals surface area contributed by atoms with Crippen molar-refractivity contribution in [1.29, 1.82) is 0 Å². The first-order valence-corrected chi connectivity index (χ1v) is 9.03. The Morgan fingerprint density at radius 3 is 2.38 bits per heavy atom. The molecule has 1 unspecified atom stereocenters. The fourth-order valence-corrected chi connectivity index (χ4v) is 2.62. The standard InChI is InChI=1S/C16H18FN3O3S/c1-11(12-4-3-5-15(10-12)20-24(2,22)23)18-16(21)19-14-8-6-13(17)7-9-14/h3-11,20H,1-2H3,(H2,18,19,21). The molecule has 0 fully saturated rings. The van der Waals surface area contributed by atoms with Gasteiger partial charge in [0.25, 0.3) is 0 Å². The molecule has 1 atom stereocenters. The fraction of sp³-hybridized carbons (Fsp3) is 0.188. The number of rotatable bonds is 5. The van der Waals surface area contributed by atoms with Crippen LogP contribution in [0.25, 0.3) is 0 Å². The van der Waals surface area contributed by atoms with Gasteiger partial charge in [-0.3, -0.25) is 4.72 Å². The molecule has 0 radical (unpaired) electrons. The van der Waals surface area contributed by atoms with Crippen LogP contribution >= 0.6 is 0 Å². The topological polar surface area (TPSA) is 87.3 Å². The normalized spacial score (nSPS) is 12.3. The predicted octanol–water partition coefficient (Wildman–Crippen LogP) is 3.08. The Kier molecular flexibility index (Phi) is 5.40. The third-order valence-electron chi connectivity index (χ3n) is 3.14. The van der Waals surface area contributed by atoms with E-state index in [9.17, 15) is 17.6 Å². The van der Waals surface area contributed by atoms with Crippen LogP contribution in [-0.2, 0) is 10.0 Å². The van der Waals surface area contributed by atoms with Crippen LogP contribution in [0, 0.1) is 5.82 Å². The highest BCUT2D eigenvalue weighted by molar-refractivity contribution is 7.92. The van der Waals surface area contributed by atoms with Gasteiger partial charge in [-0.25, -0.2) is 17.6 Å². The summed E-state index contributed by atoms with van der Waals surface area (Å²) in [5.41, 5.74) is 1.62. The Morgan fingerprint density at radius 1 is 1.08 bits per heavy atom. The van der Waals surface area contributed by atoms with Crippen LogP contribution in [0.2, 0.25) is 0 Å². The number of nitrogens with one attached hydrogen (secondary N) is 3. The lowest BCUT2D eigenvalue weighted by atomic mass is 10.1. The molecule has 0 aliphatic heterocycles. The minimum Gasteiger partial charge on any atom is -0.331 e. The number of benzene rings is 2. The van der Waals surface area contributed by atoms with Crippen LogP contribution in [0.5, 0.6) is 0 Å². The molecule has 6 nitrogen and oxygen atoms in total. The summed E-state index contributed by atoms with van der Waals surface area (Å²) in [6, 6.07) is 11.3. The number of hydrogen-bond donors (Lipinski definition) is 3. The van der Waals surface area contributed by atoms with Gasteiger partial charge >= 0.3 is 6.03 Å². The quantitative estimate of drug-likeness (QED) is 0.773. The first-order valence-electron chi connectivity index (χ1n) is 7.14. The van der Waals surface area contributed by atoms with Gasteiger partial charge in [0.15, 0.2) is 0 Å². The van der Waals surface area contributed by atoms with E-state index in [2.05, 4.69) is 15.4 Å². The zero-order chi connectivity index (χ0) is 17.7. The molecule has 0 spiro atoms. The second kappa shape index (κ2) is 7.31. The van der Waals surface area contributed by atoms with E-state index < -0.39 is 16.1 Å². The lowest BCUT2D eigenvalue weighted by Gasteiger charge is -2.16. The molecule has 0 saturated heterocycles. The third kappa shape index (κ3) is 5.54. The highest BCUT2D eigenvalue weighted by atomic mass is 32.2. The number of amides is 2. The first-order chi connectivity index (χ1) is 11.2. The molecular weight excluding hydrogens is 333 g/mol. The largest absolute Gasteiger partial charge is 0.331 e. The van der Waals surface area contributed by atoms with Crippen molar-refractivity contribution in [3.63, 3.8) is 0 Å². The van der Waals surface area contributed by atoms with Crippen LogP contribution < -0.4 is 15.4 Å². The highest BCUT2D eigenvalue weighted by Crippen LogP contribution is 2.18. The summed E-state index contributed by atoms with van der Waals surface area (Å²) in [6.07, 6.45) is 1.07. The zero-order valence-corrected chi connectivity index (χ0v) is 14.0. The number of sulfonamides is 1. The van der Waals surface area contributed by atoms with Gasteiger partial charge in [0.05, 0.1) is 12.3 Å². The fourth-order valence-electron chi connectivity index (χ4n) is 2.07. The molecule has 3 N–H and O–H groups in total. The van der Waals surface area contributed by atoms with Crippen LogP contribution in [0.4, 0.5) is 20.6 Å². The molecule has 0 bridgehead atoms. The van der Waals surface area contributed by atoms with Crippen molar-refractivity contribution >= 4 is 27.4 Å². The van der Waals surface area contributed by atoms with E-state index in [-0.39, 0.29) is 11.9 Å². The number of hydrogen-bond acceptors (Lipinski definition) is 3. The minimum absolute atomic E-state index is 0.355. The molecule has 2 amide bonds. The van der Waals surface area contributed by atoms with Gasteiger partial charge in [0.1, 0.15) is 5.82 Å². The molecule has 2 aromatic carbocycles. The second-order valence-electron chi connectivity index (χ2n) is 5.33. The Bertz CT molecular complexity index is 823. The molecular formula is C16H18FN3O3S. The van der Waals surface area contributed by atoms with E-state index in [1.54, 1.807) is 31.2 Å². The SMILES string of the molecule is CC(NC(=O)Nc1ccc(F)cc1)c1cccc(NS(C)(=O)=O)c1.